The lowest BCUT2D eigenvalue weighted by Gasteiger charge is -2.32. The van der Waals surface area contributed by atoms with Gasteiger partial charge in [0.15, 0.2) is 5.78 Å². The molecular weight excluding hydrogens is 257 g/mol. The van der Waals surface area contributed by atoms with Crippen LogP contribution < -0.4 is 5.32 Å². The van der Waals surface area contributed by atoms with Crippen molar-refractivity contribution in [2.75, 3.05) is 7.05 Å². The van der Waals surface area contributed by atoms with Gasteiger partial charge in [0.05, 0.1) is 0 Å². The Morgan fingerprint density at radius 1 is 1.35 bits per heavy atom. The molecule has 0 amide bonds. The Hall–Kier alpha value is -0.830. The predicted octanol–water partition coefficient (Wildman–Crippen LogP) is 3.10. The maximum Gasteiger partial charge on any atom is 0.161 e. The molecule has 1 aromatic rings. The highest BCUT2D eigenvalue weighted by Gasteiger charge is 2.38. The van der Waals surface area contributed by atoms with Gasteiger partial charge in [0.1, 0.15) is 5.54 Å². The number of hydrogen-bond acceptors (Lipinski definition) is 2. The van der Waals surface area contributed by atoms with Crippen molar-refractivity contribution in [2.45, 2.75) is 18.4 Å². The van der Waals surface area contributed by atoms with Gasteiger partial charge >= 0.3 is 0 Å². The third-order valence-corrected chi connectivity index (χ3v) is 3.37. The molecular formula is C13H15Cl2NO. The standard InChI is InChI=1S/C13H14ClNO.ClH/c1-15-13(9-5-4-8-12(13)16)10-6-2-3-7-11(10)14;/h2-3,5-7,9,15H,4,8H2,1H3;1H/t13-;/m0./s1. The van der Waals surface area contributed by atoms with E-state index in [-0.39, 0.29) is 18.2 Å². The summed E-state index contributed by atoms with van der Waals surface area (Å²) in [6.07, 6.45) is 5.32. The van der Waals surface area contributed by atoms with Crippen LogP contribution in [0.5, 0.6) is 0 Å². The molecule has 92 valence electrons. The summed E-state index contributed by atoms with van der Waals surface area (Å²) >= 11 is 6.17. The zero-order valence-electron chi connectivity index (χ0n) is 9.57. The Labute approximate surface area is 112 Å². The minimum atomic E-state index is -0.739. The number of carbonyl (C=O) groups is 1. The van der Waals surface area contributed by atoms with Crippen molar-refractivity contribution >= 4 is 29.8 Å². The fourth-order valence-corrected chi connectivity index (χ4v) is 2.43. The molecule has 2 rings (SSSR count). The molecule has 2 nitrogen and oxygen atoms in total. The number of allylic oxidation sites excluding steroid dienone is 1. The van der Waals surface area contributed by atoms with Crippen molar-refractivity contribution in [3.63, 3.8) is 0 Å². The molecule has 1 aromatic carbocycles. The zero-order valence-corrected chi connectivity index (χ0v) is 11.1. The van der Waals surface area contributed by atoms with E-state index in [0.29, 0.717) is 11.4 Å². The molecule has 0 bridgehead atoms. The monoisotopic (exact) mass is 271 g/mol. The van der Waals surface area contributed by atoms with Crippen LogP contribution >= 0.6 is 24.0 Å². The van der Waals surface area contributed by atoms with E-state index < -0.39 is 5.54 Å². The fourth-order valence-electron chi connectivity index (χ4n) is 2.14. The van der Waals surface area contributed by atoms with Crippen LogP contribution in [-0.2, 0) is 10.3 Å². The molecule has 4 heteroatoms. The van der Waals surface area contributed by atoms with E-state index >= 15 is 0 Å². The lowest BCUT2D eigenvalue weighted by Crippen LogP contribution is -2.47. The molecule has 1 atom stereocenters. The summed E-state index contributed by atoms with van der Waals surface area (Å²) in [4.78, 5) is 12.1. The highest BCUT2D eigenvalue weighted by atomic mass is 35.5. The third-order valence-electron chi connectivity index (χ3n) is 3.04. The van der Waals surface area contributed by atoms with Crippen molar-refractivity contribution in [2.24, 2.45) is 0 Å². The van der Waals surface area contributed by atoms with E-state index in [1.807, 2.05) is 36.4 Å². The fraction of sp³-hybridized carbons (Fsp3) is 0.308. The van der Waals surface area contributed by atoms with Gasteiger partial charge in [-0.3, -0.25) is 4.79 Å². The number of nitrogens with one attached hydrogen (secondary N) is 1. The maximum absolute atomic E-state index is 12.1. The number of Topliss-reactive ketones (excluding diaryl/α,β-unsaturated/α-hetero) is 1. The second-order valence-corrected chi connectivity index (χ2v) is 4.31. The average molecular weight is 272 g/mol. The molecule has 17 heavy (non-hydrogen) atoms. The van der Waals surface area contributed by atoms with Crippen molar-refractivity contribution in [3.05, 3.63) is 47.0 Å². The Morgan fingerprint density at radius 2 is 2.06 bits per heavy atom. The van der Waals surface area contributed by atoms with Gasteiger partial charge < -0.3 is 5.32 Å². The van der Waals surface area contributed by atoms with Crippen molar-refractivity contribution in [1.82, 2.24) is 5.32 Å². The van der Waals surface area contributed by atoms with Gasteiger partial charge in [-0.15, -0.1) is 12.4 Å². The second kappa shape index (κ2) is 5.67. The van der Waals surface area contributed by atoms with Crippen LogP contribution in [-0.4, -0.2) is 12.8 Å². The van der Waals surface area contributed by atoms with Gasteiger partial charge in [0, 0.05) is 17.0 Å². The van der Waals surface area contributed by atoms with E-state index in [4.69, 9.17) is 11.6 Å². The first-order valence-corrected chi connectivity index (χ1v) is 5.73. The van der Waals surface area contributed by atoms with Crippen molar-refractivity contribution < 1.29 is 4.79 Å². The molecule has 0 aromatic heterocycles. The number of halogens is 2. The van der Waals surface area contributed by atoms with E-state index in [1.165, 1.54) is 0 Å². The minimum Gasteiger partial charge on any atom is -0.301 e. The first-order valence-electron chi connectivity index (χ1n) is 5.35. The van der Waals surface area contributed by atoms with Crippen LogP contribution in [0.1, 0.15) is 18.4 Å². The Balaban J connectivity index is 0.00000144. The molecule has 0 spiro atoms. The van der Waals surface area contributed by atoms with Gasteiger partial charge in [-0.25, -0.2) is 0 Å². The summed E-state index contributed by atoms with van der Waals surface area (Å²) in [5.41, 5.74) is 0.0940. The van der Waals surface area contributed by atoms with E-state index in [9.17, 15) is 4.79 Å². The maximum atomic E-state index is 12.1. The normalized spacial score (nSPS) is 23.3. The van der Waals surface area contributed by atoms with E-state index in [1.54, 1.807) is 7.05 Å². The lowest BCUT2D eigenvalue weighted by atomic mass is 9.80. The Kier molecular flexibility index (Phi) is 4.75. The van der Waals surface area contributed by atoms with Gasteiger partial charge in [-0.2, -0.15) is 0 Å². The molecule has 0 saturated carbocycles. The SMILES string of the molecule is CN[C@]1(c2ccccc2Cl)C=CCCC1=O.Cl. The number of ketones is 1. The summed E-state index contributed by atoms with van der Waals surface area (Å²) in [5.74, 6) is 0.172. The molecule has 0 radical (unpaired) electrons. The Bertz CT molecular complexity index is 445. The molecule has 1 N–H and O–H groups in total. The number of carbonyl (C=O) groups excluding carboxylic acids is 1. The average Bonchev–Trinajstić information content (AvgIpc) is 2.31. The van der Waals surface area contributed by atoms with Crippen LogP contribution in [0, 0.1) is 0 Å². The molecule has 0 fully saturated rings. The largest absolute Gasteiger partial charge is 0.301 e. The van der Waals surface area contributed by atoms with Gasteiger partial charge in [-0.1, -0.05) is 42.0 Å². The van der Waals surface area contributed by atoms with Crippen molar-refractivity contribution in [1.29, 1.82) is 0 Å². The smallest absolute Gasteiger partial charge is 0.161 e. The number of hydrogen-bond donors (Lipinski definition) is 1. The van der Waals surface area contributed by atoms with Gasteiger partial charge in [0.25, 0.3) is 0 Å². The van der Waals surface area contributed by atoms with Crippen LogP contribution in [0.25, 0.3) is 0 Å². The highest BCUT2D eigenvalue weighted by Crippen LogP contribution is 2.33. The van der Waals surface area contributed by atoms with E-state index in [0.717, 1.165) is 12.0 Å². The topological polar surface area (TPSA) is 29.1 Å². The molecule has 1 aliphatic rings. The molecule has 1 aliphatic carbocycles. The summed E-state index contributed by atoms with van der Waals surface area (Å²) in [7, 11) is 1.79. The molecule has 0 aliphatic heterocycles. The third kappa shape index (κ3) is 2.39. The summed E-state index contributed by atoms with van der Waals surface area (Å²) in [6.45, 7) is 0. The second-order valence-electron chi connectivity index (χ2n) is 3.90. The zero-order chi connectivity index (χ0) is 11.6. The van der Waals surface area contributed by atoms with Gasteiger partial charge in [-0.05, 0) is 19.5 Å². The quantitative estimate of drug-likeness (QED) is 0.838. The lowest BCUT2D eigenvalue weighted by molar-refractivity contribution is -0.124. The van der Waals surface area contributed by atoms with Gasteiger partial charge in [0.2, 0.25) is 0 Å². The Morgan fingerprint density at radius 3 is 2.65 bits per heavy atom. The number of benzene rings is 1. The molecule has 0 saturated heterocycles. The van der Waals surface area contributed by atoms with Crippen molar-refractivity contribution in [3.8, 4) is 0 Å². The summed E-state index contributed by atoms with van der Waals surface area (Å²) in [6, 6.07) is 7.47. The van der Waals surface area contributed by atoms with Crippen LogP contribution in [0.2, 0.25) is 5.02 Å². The first kappa shape index (κ1) is 14.2. The predicted molar refractivity (Wildman–Crippen MR) is 72.8 cm³/mol. The highest BCUT2D eigenvalue weighted by molar-refractivity contribution is 6.31. The van der Waals surface area contributed by atoms with Crippen LogP contribution in [0.4, 0.5) is 0 Å². The summed E-state index contributed by atoms with van der Waals surface area (Å²) < 4.78 is 0. The number of likely N-dealkylation sites (N-methyl/N-ethyl adjacent to an activating group) is 1. The molecule has 0 heterocycles. The van der Waals surface area contributed by atoms with Crippen LogP contribution in [0.15, 0.2) is 36.4 Å². The first-order chi connectivity index (χ1) is 7.70. The number of rotatable bonds is 2. The minimum absolute atomic E-state index is 0. The molecule has 0 unspecified atom stereocenters. The van der Waals surface area contributed by atoms with E-state index in [2.05, 4.69) is 5.32 Å². The summed E-state index contributed by atoms with van der Waals surface area (Å²) in [5, 5.41) is 3.73. The van der Waals surface area contributed by atoms with Crippen LogP contribution in [0.3, 0.4) is 0 Å².